The molecule has 0 bridgehead atoms. The Morgan fingerprint density at radius 3 is 2.76 bits per heavy atom. The van der Waals surface area contributed by atoms with E-state index in [1.54, 1.807) is 7.11 Å². The van der Waals surface area contributed by atoms with Crippen molar-refractivity contribution in [2.45, 2.75) is 51.2 Å². The number of benzene rings is 1. The van der Waals surface area contributed by atoms with Crippen LogP contribution in [0.25, 0.3) is 11.0 Å². The number of imidazole rings is 1. The molecule has 1 heterocycles. The fraction of sp³-hybridized carbons (Fsp3) is 0.529. The normalized spacial score (nSPS) is 16.9. The number of fused-ring (bicyclic) bond motifs is 1. The van der Waals surface area contributed by atoms with E-state index in [1.807, 2.05) is 18.2 Å². The Morgan fingerprint density at radius 2 is 2.14 bits per heavy atom. The molecule has 1 fully saturated rings. The van der Waals surface area contributed by atoms with Crippen LogP contribution < -0.4 is 0 Å². The summed E-state index contributed by atoms with van der Waals surface area (Å²) in [5, 5.41) is 0. The molecule has 0 spiro atoms. The zero-order chi connectivity index (χ0) is 14.9. The van der Waals surface area contributed by atoms with Gasteiger partial charge in [-0.05, 0) is 37.8 Å². The summed E-state index contributed by atoms with van der Waals surface area (Å²) in [5.74, 6) is 1.04. The van der Waals surface area contributed by atoms with Crippen molar-refractivity contribution < 1.29 is 9.53 Å². The van der Waals surface area contributed by atoms with E-state index in [0.717, 1.165) is 49.1 Å². The van der Waals surface area contributed by atoms with Gasteiger partial charge in [0.05, 0.1) is 17.5 Å². The van der Waals surface area contributed by atoms with Gasteiger partial charge in [-0.3, -0.25) is 4.79 Å². The second-order valence-corrected chi connectivity index (χ2v) is 5.82. The summed E-state index contributed by atoms with van der Waals surface area (Å²) in [7, 11) is 1.64. The van der Waals surface area contributed by atoms with E-state index in [1.165, 1.54) is 0 Å². The number of ether oxygens (including phenoxy) is 1. The molecule has 0 amide bonds. The second kappa shape index (κ2) is 5.60. The Labute approximate surface area is 125 Å². The first-order chi connectivity index (χ1) is 10.2. The lowest BCUT2D eigenvalue weighted by Gasteiger charge is -2.38. The van der Waals surface area contributed by atoms with Gasteiger partial charge in [-0.1, -0.05) is 19.1 Å². The van der Waals surface area contributed by atoms with Gasteiger partial charge >= 0.3 is 0 Å². The molecule has 4 heteroatoms. The first-order valence-electron chi connectivity index (χ1n) is 7.73. The Hall–Kier alpha value is -1.68. The van der Waals surface area contributed by atoms with Gasteiger partial charge in [0, 0.05) is 13.7 Å². The van der Waals surface area contributed by atoms with Gasteiger partial charge in [0.15, 0.2) is 5.78 Å². The number of aryl methyl sites for hydroxylation is 1. The molecular formula is C17H22N2O2. The zero-order valence-corrected chi connectivity index (χ0v) is 12.8. The van der Waals surface area contributed by atoms with Crippen LogP contribution in [0.2, 0.25) is 0 Å². The largest absolute Gasteiger partial charge is 0.370 e. The van der Waals surface area contributed by atoms with E-state index in [0.29, 0.717) is 6.42 Å². The van der Waals surface area contributed by atoms with E-state index >= 15 is 0 Å². The van der Waals surface area contributed by atoms with Crippen LogP contribution in [0.3, 0.4) is 0 Å². The average molecular weight is 286 g/mol. The summed E-state index contributed by atoms with van der Waals surface area (Å²) >= 11 is 0. The third-order valence-corrected chi connectivity index (χ3v) is 4.56. The van der Waals surface area contributed by atoms with E-state index in [4.69, 9.17) is 4.74 Å². The number of aromatic nitrogens is 2. The molecule has 1 aromatic heterocycles. The molecule has 112 valence electrons. The van der Waals surface area contributed by atoms with Crippen molar-refractivity contribution >= 4 is 16.8 Å². The predicted octanol–water partition coefficient (Wildman–Crippen LogP) is 3.13. The first kappa shape index (κ1) is 14.3. The highest BCUT2D eigenvalue weighted by Gasteiger charge is 2.44. The van der Waals surface area contributed by atoms with Crippen LogP contribution in [0.1, 0.15) is 38.4 Å². The van der Waals surface area contributed by atoms with Crippen molar-refractivity contribution in [1.82, 2.24) is 9.55 Å². The van der Waals surface area contributed by atoms with Crippen LogP contribution in [-0.4, -0.2) is 28.0 Å². The van der Waals surface area contributed by atoms with Gasteiger partial charge in [-0.25, -0.2) is 4.98 Å². The highest BCUT2D eigenvalue weighted by molar-refractivity contribution is 5.90. The summed E-state index contributed by atoms with van der Waals surface area (Å²) in [6.07, 6.45) is 4.15. The summed E-state index contributed by atoms with van der Waals surface area (Å²) in [6.45, 7) is 3.03. The van der Waals surface area contributed by atoms with Crippen molar-refractivity contribution in [3.05, 3.63) is 30.1 Å². The molecule has 0 saturated heterocycles. The van der Waals surface area contributed by atoms with Gasteiger partial charge in [0.2, 0.25) is 0 Å². The molecule has 0 N–H and O–H groups in total. The molecule has 3 rings (SSSR count). The van der Waals surface area contributed by atoms with Crippen LogP contribution in [0.5, 0.6) is 0 Å². The molecule has 4 nitrogen and oxygen atoms in total. The SMILES string of the molecule is CCCn1c(CC(=O)C2(OC)CCC2)nc2ccccc21. The molecule has 0 radical (unpaired) electrons. The standard InChI is InChI=1S/C17H22N2O2/c1-3-11-19-14-8-5-4-7-13(14)18-16(19)12-15(20)17(21-2)9-6-10-17/h4-5,7-8H,3,6,9-12H2,1-2H3. The number of nitrogens with zero attached hydrogens (tertiary/aromatic N) is 2. The molecule has 0 atom stereocenters. The van der Waals surface area contributed by atoms with Crippen molar-refractivity contribution in [1.29, 1.82) is 0 Å². The first-order valence-corrected chi connectivity index (χ1v) is 7.73. The second-order valence-electron chi connectivity index (χ2n) is 5.82. The zero-order valence-electron chi connectivity index (χ0n) is 12.8. The van der Waals surface area contributed by atoms with E-state index in [9.17, 15) is 4.79 Å². The summed E-state index contributed by atoms with van der Waals surface area (Å²) in [6, 6.07) is 8.08. The molecule has 2 aromatic rings. The van der Waals surface area contributed by atoms with Crippen molar-refractivity contribution in [3.8, 4) is 0 Å². The van der Waals surface area contributed by atoms with Crippen LogP contribution in [0, 0.1) is 0 Å². The maximum Gasteiger partial charge on any atom is 0.172 e. The number of carbonyl (C=O) groups excluding carboxylic acids is 1. The Balaban J connectivity index is 1.92. The summed E-state index contributed by atoms with van der Waals surface area (Å²) in [4.78, 5) is 17.3. The molecule has 21 heavy (non-hydrogen) atoms. The smallest absolute Gasteiger partial charge is 0.172 e. The number of para-hydroxylation sites is 2. The van der Waals surface area contributed by atoms with E-state index in [-0.39, 0.29) is 5.78 Å². The maximum atomic E-state index is 12.6. The highest BCUT2D eigenvalue weighted by atomic mass is 16.5. The molecular weight excluding hydrogens is 264 g/mol. The Bertz CT molecular complexity index is 650. The molecule has 1 saturated carbocycles. The van der Waals surface area contributed by atoms with Crippen molar-refractivity contribution in [2.75, 3.05) is 7.11 Å². The van der Waals surface area contributed by atoms with Gasteiger partial charge in [0.1, 0.15) is 11.4 Å². The molecule has 0 aliphatic heterocycles. The number of methoxy groups -OCH3 is 1. The summed E-state index contributed by atoms with van der Waals surface area (Å²) < 4.78 is 7.67. The van der Waals surface area contributed by atoms with Gasteiger partial charge < -0.3 is 9.30 Å². The van der Waals surface area contributed by atoms with Crippen LogP contribution in [0.4, 0.5) is 0 Å². The van der Waals surface area contributed by atoms with Gasteiger partial charge in [-0.2, -0.15) is 0 Å². The van der Waals surface area contributed by atoms with Crippen LogP contribution in [0.15, 0.2) is 24.3 Å². The Kier molecular flexibility index (Phi) is 3.81. The fourth-order valence-corrected chi connectivity index (χ4v) is 3.13. The minimum atomic E-state index is -0.546. The minimum absolute atomic E-state index is 0.170. The summed E-state index contributed by atoms with van der Waals surface area (Å²) in [5.41, 5.74) is 1.53. The quantitative estimate of drug-likeness (QED) is 0.819. The molecule has 0 unspecified atom stereocenters. The average Bonchev–Trinajstić information content (AvgIpc) is 2.77. The number of carbonyl (C=O) groups is 1. The van der Waals surface area contributed by atoms with Gasteiger partial charge in [-0.15, -0.1) is 0 Å². The van der Waals surface area contributed by atoms with Crippen LogP contribution >= 0.6 is 0 Å². The molecule has 1 aromatic carbocycles. The Morgan fingerprint density at radius 1 is 1.38 bits per heavy atom. The highest BCUT2D eigenvalue weighted by Crippen LogP contribution is 2.36. The maximum absolute atomic E-state index is 12.6. The lowest BCUT2D eigenvalue weighted by Crippen LogP contribution is -2.48. The van der Waals surface area contributed by atoms with E-state index < -0.39 is 5.60 Å². The fourth-order valence-electron chi connectivity index (χ4n) is 3.13. The topological polar surface area (TPSA) is 44.1 Å². The molecule has 1 aliphatic rings. The number of Topliss-reactive ketones (excluding diaryl/α,β-unsaturated/α-hetero) is 1. The predicted molar refractivity (Wildman–Crippen MR) is 82.3 cm³/mol. The monoisotopic (exact) mass is 286 g/mol. The van der Waals surface area contributed by atoms with Crippen molar-refractivity contribution in [3.63, 3.8) is 0 Å². The van der Waals surface area contributed by atoms with Crippen molar-refractivity contribution in [2.24, 2.45) is 0 Å². The molecule has 1 aliphatic carbocycles. The van der Waals surface area contributed by atoms with Gasteiger partial charge in [0.25, 0.3) is 0 Å². The third kappa shape index (κ3) is 2.38. The number of ketones is 1. The number of hydrogen-bond acceptors (Lipinski definition) is 3. The number of rotatable bonds is 6. The lowest BCUT2D eigenvalue weighted by atomic mass is 9.76. The van der Waals surface area contributed by atoms with Crippen LogP contribution in [-0.2, 0) is 22.5 Å². The van der Waals surface area contributed by atoms with E-state index in [2.05, 4.69) is 22.5 Å². The minimum Gasteiger partial charge on any atom is -0.370 e. The lowest BCUT2D eigenvalue weighted by molar-refractivity contribution is -0.151. The number of hydrogen-bond donors (Lipinski definition) is 0. The third-order valence-electron chi connectivity index (χ3n) is 4.56.